The van der Waals surface area contributed by atoms with Crippen molar-refractivity contribution in [2.45, 2.75) is 20.0 Å². The molecule has 3 nitrogen and oxygen atoms in total. The maximum atomic E-state index is 9.62. The molecular formula is C10H13BrO3. The van der Waals surface area contributed by atoms with Crippen LogP contribution in [0.15, 0.2) is 16.6 Å². The molecule has 0 unspecified atom stereocenters. The molecule has 4 heteroatoms. The van der Waals surface area contributed by atoms with Gasteiger partial charge in [-0.05, 0) is 26.0 Å². The van der Waals surface area contributed by atoms with E-state index in [1.54, 1.807) is 12.1 Å². The number of halogens is 1. The topological polar surface area (TPSA) is 38.7 Å². The molecule has 0 saturated carbocycles. The first kappa shape index (κ1) is 11.2. The molecule has 0 spiro atoms. The number of hydrogen-bond donors (Lipinski definition) is 1. The fourth-order valence-corrected chi connectivity index (χ4v) is 1.49. The molecule has 1 aromatic carbocycles. The zero-order chi connectivity index (χ0) is 10.7. The van der Waals surface area contributed by atoms with Crippen LogP contribution in [-0.2, 0) is 0 Å². The Morgan fingerprint density at radius 1 is 1.36 bits per heavy atom. The van der Waals surface area contributed by atoms with Crippen LogP contribution in [-0.4, -0.2) is 18.3 Å². The maximum absolute atomic E-state index is 9.62. The molecule has 14 heavy (non-hydrogen) atoms. The fourth-order valence-electron chi connectivity index (χ4n) is 1.06. The number of benzene rings is 1. The van der Waals surface area contributed by atoms with Crippen LogP contribution in [0.1, 0.15) is 13.8 Å². The van der Waals surface area contributed by atoms with Crippen molar-refractivity contribution in [3.8, 4) is 17.2 Å². The lowest BCUT2D eigenvalue weighted by molar-refractivity contribution is 0.219. The molecule has 1 aromatic rings. The molecule has 0 aliphatic carbocycles. The van der Waals surface area contributed by atoms with Gasteiger partial charge in [0.1, 0.15) is 0 Å². The Kier molecular flexibility index (Phi) is 3.63. The number of aromatic hydroxyl groups is 1. The van der Waals surface area contributed by atoms with Crippen LogP contribution in [0.2, 0.25) is 0 Å². The van der Waals surface area contributed by atoms with Crippen LogP contribution >= 0.6 is 15.9 Å². The Balaban J connectivity index is 3.11. The van der Waals surface area contributed by atoms with Crippen molar-refractivity contribution in [1.29, 1.82) is 0 Å². The largest absolute Gasteiger partial charge is 0.504 e. The molecule has 0 aromatic heterocycles. The highest BCUT2D eigenvalue weighted by Gasteiger charge is 2.12. The van der Waals surface area contributed by atoms with Crippen molar-refractivity contribution in [2.75, 3.05) is 7.11 Å². The molecule has 0 aliphatic heterocycles. The highest BCUT2D eigenvalue weighted by atomic mass is 79.9. The average molecular weight is 261 g/mol. The summed E-state index contributed by atoms with van der Waals surface area (Å²) in [5, 5.41) is 9.62. The Hall–Kier alpha value is -0.900. The van der Waals surface area contributed by atoms with Gasteiger partial charge in [-0.15, -0.1) is 0 Å². The summed E-state index contributed by atoms with van der Waals surface area (Å²) in [4.78, 5) is 0. The summed E-state index contributed by atoms with van der Waals surface area (Å²) < 4.78 is 11.3. The summed E-state index contributed by atoms with van der Waals surface area (Å²) in [5.41, 5.74) is 0. The normalized spacial score (nSPS) is 10.4. The minimum absolute atomic E-state index is 0.00373. The van der Waals surface area contributed by atoms with Gasteiger partial charge in [0.15, 0.2) is 11.5 Å². The molecule has 1 N–H and O–H groups in total. The number of phenols is 1. The van der Waals surface area contributed by atoms with Gasteiger partial charge in [-0.3, -0.25) is 0 Å². The minimum atomic E-state index is -0.00373. The highest BCUT2D eigenvalue weighted by Crippen LogP contribution is 2.39. The van der Waals surface area contributed by atoms with Crippen LogP contribution in [0.25, 0.3) is 0 Å². The fraction of sp³-hybridized carbons (Fsp3) is 0.400. The molecule has 0 aliphatic rings. The van der Waals surface area contributed by atoms with E-state index in [1.165, 1.54) is 7.11 Å². The van der Waals surface area contributed by atoms with Crippen molar-refractivity contribution >= 4 is 15.9 Å². The Morgan fingerprint density at radius 2 is 2.00 bits per heavy atom. The maximum Gasteiger partial charge on any atom is 0.203 e. The first-order valence-corrected chi connectivity index (χ1v) is 5.07. The van der Waals surface area contributed by atoms with Crippen LogP contribution in [0.5, 0.6) is 17.2 Å². The number of phenolic OH excluding ortho intramolecular Hbond substituents is 1. The second-order valence-corrected chi connectivity index (χ2v) is 4.04. The van der Waals surface area contributed by atoms with E-state index in [0.29, 0.717) is 11.5 Å². The van der Waals surface area contributed by atoms with Gasteiger partial charge in [0.2, 0.25) is 5.75 Å². The molecule has 0 radical (unpaired) electrons. The standard InChI is InChI=1S/C10H13BrO3/c1-6(2)14-10-8(12)4-7(11)5-9(10)13-3/h4-6,12H,1-3H3. The molecule has 1 rings (SSSR count). The van der Waals surface area contributed by atoms with Gasteiger partial charge in [-0.25, -0.2) is 0 Å². The lowest BCUT2D eigenvalue weighted by atomic mass is 10.3. The smallest absolute Gasteiger partial charge is 0.203 e. The first-order chi connectivity index (χ1) is 6.54. The minimum Gasteiger partial charge on any atom is -0.504 e. The molecule has 0 fully saturated rings. The van der Waals surface area contributed by atoms with Crippen molar-refractivity contribution < 1.29 is 14.6 Å². The molecule has 0 amide bonds. The number of hydrogen-bond acceptors (Lipinski definition) is 3. The van der Waals surface area contributed by atoms with Crippen LogP contribution in [0, 0.1) is 0 Å². The predicted octanol–water partition coefficient (Wildman–Crippen LogP) is 2.95. The third-order valence-electron chi connectivity index (χ3n) is 1.57. The third-order valence-corrected chi connectivity index (χ3v) is 2.03. The Morgan fingerprint density at radius 3 is 2.50 bits per heavy atom. The van der Waals surface area contributed by atoms with Gasteiger partial charge in [0.05, 0.1) is 13.2 Å². The highest BCUT2D eigenvalue weighted by molar-refractivity contribution is 9.10. The SMILES string of the molecule is COc1cc(Br)cc(O)c1OC(C)C. The van der Waals surface area contributed by atoms with E-state index >= 15 is 0 Å². The second kappa shape index (κ2) is 4.55. The molecule has 0 bridgehead atoms. The zero-order valence-corrected chi connectivity index (χ0v) is 9.96. The Labute approximate surface area is 91.8 Å². The summed E-state index contributed by atoms with van der Waals surface area (Å²) in [6.07, 6.45) is -0.00373. The van der Waals surface area contributed by atoms with E-state index in [0.717, 1.165) is 4.47 Å². The summed E-state index contributed by atoms with van der Waals surface area (Å²) in [6, 6.07) is 3.32. The van der Waals surface area contributed by atoms with Crippen molar-refractivity contribution in [2.24, 2.45) is 0 Å². The van der Waals surface area contributed by atoms with Crippen LogP contribution < -0.4 is 9.47 Å². The van der Waals surface area contributed by atoms with Gasteiger partial charge in [0.25, 0.3) is 0 Å². The molecular weight excluding hydrogens is 248 g/mol. The van der Waals surface area contributed by atoms with Gasteiger partial charge in [-0.2, -0.15) is 0 Å². The average Bonchev–Trinajstić information content (AvgIpc) is 2.08. The van der Waals surface area contributed by atoms with Gasteiger partial charge in [0, 0.05) is 4.47 Å². The summed E-state index contributed by atoms with van der Waals surface area (Å²) in [7, 11) is 1.54. The second-order valence-electron chi connectivity index (χ2n) is 3.12. The predicted molar refractivity (Wildman–Crippen MR) is 58.1 cm³/mol. The third kappa shape index (κ3) is 2.54. The lowest BCUT2D eigenvalue weighted by Crippen LogP contribution is -2.06. The Bertz CT molecular complexity index is 323. The molecule has 0 atom stereocenters. The summed E-state index contributed by atoms with van der Waals surface area (Å²) in [5.74, 6) is 0.973. The van der Waals surface area contributed by atoms with Gasteiger partial charge in [-0.1, -0.05) is 15.9 Å². The number of methoxy groups -OCH3 is 1. The quantitative estimate of drug-likeness (QED) is 0.909. The van der Waals surface area contributed by atoms with E-state index < -0.39 is 0 Å². The van der Waals surface area contributed by atoms with Crippen molar-refractivity contribution in [1.82, 2.24) is 0 Å². The molecule has 0 saturated heterocycles. The number of ether oxygens (including phenoxy) is 2. The van der Waals surface area contributed by atoms with E-state index in [2.05, 4.69) is 15.9 Å². The lowest BCUT2D eigenvalue weighted by Gasteiger charge is -2.14. The zero-order valence-electron chi connectivity index (χ0n) is 8.37. The van der Waals surface area contributed by atoms with E-state index in [9.17, 15) is 5.11 Å². The van der Waals surface area contributed by atoms with E-state index in [-0.39, 0.29) is 11.9 Å². The monoisotopic (exact) mass is 260 g/mol. The van der Waals surface area contributed by atoms with E-state index in [1.807, 2.05) is 13.8 Å². The first-order valence-electron chi connectivity index (χ1n) is 4.27. The number of rotatable bonds is 3. The van der Waals surface area contributed by atoms with Crippen molar-refractivity contribution in [3.63, 3.8) is 0 Å². The van der Waals surface area contributed by atoms with Crippen LogP contribution in [0.4, 0.5) is 0 Å². The van der Waals surface area contributed by atoms with Crippen molar-refractivity contribution in [3.05, 3.63) is 16.6 Å². The summed E-state index contributed by atoms with van der Waals surface area (Å²) in [6.45, 7) is 3.78. The van der Waals surface area contributed by atoms with Crippen LogP contribution in [0.3, 0.4) is 0 Å². The van der Waals surface area contributed by atoms with Gasteiger partial charge < -0.3 is 14.6 Å². The van der Waals surface area contributed by atoms with Gasteiger partial charge >= 0.3 is 0 Å². The van der Waals surface area contributed by atoms with E-state index in [4.69, 9.17) is 9.47 Å². The summed E-state index contributed by atoms with van der Waals surface area (Å²) >= 11 is 3.26. The molecule has 0 heterocycles. The molecule has 78 valence electrons.